The SMILES string of the molecule is CC(=O)NN(O)c1ccc(-c2ccccc2)cc1. The van der Waals surface area contributed by atoms with Crippen molar-refractivity contribution < 1.29 is 10.0 Å². The lowest BCUT2D eigenvalue weighted by Gasteiger charge is -2.16. The minimum Gasteiger partial charge on any atom is -0.274 e. The fourth-order valence-electron chi connectivity index (χ4n) is 1.64. The van der Waals surface area contributed by atoms with Crippen LogP contribution in [0.3, 0.4) is 0 Å². The van der Waals surface area contributed by atoms with Gasteiger partial charge in [0.25, 0.3) is 0 Å². The summed E-state index contributed by atoms with van der Waals surface area (Å²) in [7, 11) is 0. The third-order valence-corrected chi connectivity index (χ3v) is 2.48. The Hall–Kier alpha value is -2.33. The molecule has 2 aromatic carbocycles. The second kappa shape index (κ2) is 5.33. The molecule has 0 saturated carbocycles. The van der Waals surface area contributed by atoms with Crippen LogP contribution in [0.25, 0.3) is 11.1 Å². The number of benzene rings is 2. The molecule has 4 nitrogen and oxygen atoms in total. The van der Waals surface area contributed by atoms with Crippen LogP contribution in [0.15, 0.2) is 54.6 Å². The number of hydrazine groups is 1. The van der Waals surface area contributed by atoms with Crippen LogP contribution in [0.4, 0.5) is 5.69 Å². The number of nitrogens with one attached hydrogen (secondary N) is 1. The van der Waals surface area contributed by atoms with E-state index in [0.29, 0.717) is 10.9 Å². The van der Waals surface area contributed by atoms with Gasteiger partial charge in [0, 0.05) is 6.92 Å². The Kier molecular flexibility index (Phi) is 3.60. The van der Waals surface area contributed by atoms with E-state index in [1.54, 1.807) is 12.1 Å². The first-order valence-corrected chi connectivity index (χ1v) is 5.58. The number of hydrogen-bond donors (Lipinski definition) is 2. The average molecular weight is 242 g/mol. The van der Waals surface area contributed by atoms with Crippen molar-refractivity contribution in [2.75, 3.05) is 5.17 Å². The van der Waals surface area contributed by atoms with Crippen LogP contribution >= 0.6 is 0 Å². The van der Waals surface area contributed by atoms with Crippen LogP contribution in [0, 0.1) is 0 Å². The number of anilines is 1. The molecule has 1 amide bonds. The molecule has 0 aliphatic rings. The molecule has 92 valence electrons. The number of hydrogen-bond acceptors (Lipinski definition) is 3. The Morgan fingerprint density at radius 3 is 2.11 bits per heavy atom. The number of amides is 1. The first kappa shape index (κ1) is 12.1. The van der Waals surface area contributed by atoms with Gasteiger partial charge in [-0.1, -0.05) is 42.5 Å². The molecule has 2 N–H and O–H groups in total. The molecule has 4 heteroatoms. The average Bonchev–Trinajstić information content (AvgIpc) is 2.39. The zero-order valence-electron chi connectivity index (χ0n) is 10.00. The Labute approximate surface area is 105 Å². The summed E-state index contributed by atoms with van der Waals surface area (Å²) in [4.78, 5) is 10.8. The molecule has 0 radical (unpaired) electrons. The summed E-state index contributed by atoms with van der Waals surface area (Å²) in [6.07, 6.45) is 0. The van der Waals surface area contributed by atoms with Gasteiger partial charge in [-0.05, 0) is 23.3 Å². The molecule has 0 bridgehead atoms. The number of carbonyl (C=O) groups excluding carboxylic acids is 1. The number of carbonyl (C=O) groups is 1. The maximum atomic E-state index is 10.8. The van der Waals surface area contributed by atoms with E-state index in [-0.39, 0.29) is 5.91 Å². The van der Waals surface area contributed by atoms with E-state index >= 15 is 0 Å². The van der Waals surface area contributed by atoms with Crippen molar-refractivity contribution in [3.63, 3.8) is 0 Å². The van der Waals surface area contributed by atoms with Crippen molar-refractivity contribution in [2.45, 2.75) is 6.92 Å². The Balaban J connectivity index is 2.18. The largest absolute Gasteiger partial charge is 0.274 e. The van der Waals surface area contributed by atoms with E-state index in [1.165, 1.54) is 6.92 Å². The molecule has 0 aromatic heterocycles. The molecule has 0 aliphatic carbocycles. The van der Waals surface area contributed by atoms with Crippen molar-refractivity contribution in [1.82, 2.24) is 5.43 Å². The van der Waals surface area contributed by atoms with Crippen LogP contribution in [-0.4, -0.2) is 11.1 Å². The molecule has 0 unspecified atom stereocenters. The van der Waals surface area contributed by atoms with Gasteiger partial charge in [-0.15, -0.1) is 0 Å². The van der Waals surface area contributed by atoms with E-state index < -0.39 is 0 Å². The highest BCUT2D eigenvalue weighted by atomic mass is 16.5. The molecule has 2 rings (SSSR count). The number of rotatable bonds is 3. The minimum atomic E-state index is -0.329. The Morgan fingerprint density at radius 1 is 1.00 bits per heavy atom. The van der Waals surface area contributed by atoms with E-state index in [2.05, 4.69) is 5.43 Å². The van der Waals surface area contributed by atoms with E-state index in [9.17, 15) is 10.0 Å². The molecule has 0 saturated heterocycles. The maximum Gasteiger partial charge on any atom is 0.237 e. The molecular weight excluding hydrogens is 228 g/mol. The Bertz CT molecular complexity index is 523. The van der Waals surface area contributed by atoms with E-state index in [4.69, 9.17) is 0 Å². The maximum absolute atomic E-state index is 10.8. The summed E-state index contributed by atoms with van der Waals surface area (Å²) in [6, 6.07) is 17.2. The van der Waals surface area contributed by atoms with Crippen LogP contribution in [0.1, 0.15) is 6.92 Å². The van der Waals surface area contributed by atoms with Crippen molar-refractivity contribution in [1.29, 1.82) is 0 Å². The highest BCUT2D eigenvalue weighted by Gasteiger charge is 2.04. The van der Waals surface area contributed by atoms with E-state index in [0.717, 1.165) is 11.1 Å². The predicted octanol–water partition coefficient (Wildman–Crippen LogP) is 2.60. The second-order valence-corrected chi connectivity index (χ2v) is 3.89. The molecule has 0 fully saturated rings. The summed E-state index contributed by atoms with van der Waals surface area (Å²) in [5.74, 6) is -0.329. The normalized spacial score (nSPS) is 9.89. The third kappa shape index (κ3) is 2.87. The molecule has 0 spiro atoms. The molecule has 2 aromatic rings. The fourth-order valence-corrected chi connectivity index (χ4v) is 1.64. The monoisotopic (exact) mass is 242 g/mol. The van der Waals surface area contributed by atoms with Crippen LogP contribution in [0.2, 0.25) is 0 Å². The molecule has 0 aliphatic heterocycles. The first-order chi connectivity index (χ1) is 8.66. The molecule has 18 heavy (non-hydrogen) atoms. The predicted molar refractivity (Wildman–Crippen MR) is 70.0 cm³/mol. The summed E-state index contributed by atoms with van der Waals surface area (Å²) in [5, 5.41) is 10.3. The fraction of sp³-hybridized carbons (Fsp3) is 0.0714. The molecule has 0 atom stereocenters. The quantitative estimate of drug-likeness (QED) is 0.813. The Morgan fingerprint density at radius 2 is 1.56 bits per heavy atom. The standard InChI is InChI=1S/C14H14N2O2/c1-11(17)15-16(18)14-9-7-13(8-10-14)12-5-3-2-4-6-12/h2-10,18H,1H3,(H,15,17). The third-order valence-electron chi connectivity index (χ3n) is 2.48. The minimum absolute atomic E-state index is 0.329. The van der Waals surface area contributed by atoms with Gasteiger partial charge in [0.1, 0.15) is 0 Å². The zero-order valence-corrected chi connectivity index (χ0v) is 10.00. The summed E-state index contributed by atoms with van der Waals surface area (Å²) < 4.78 is 0. The lowest BCUT2D eigenvalue weighted by atomic mass is 10.1. The van der Waals surface area contributed by atoms with Gasteiger partial charge in [0.2, 0.25) is 5.91 Å². The summed E-state index contributed by atoms with van der Waals surface area (Å²) in [5.41, 5.74) is 4.93. The highest BCUT2D eigenvalue weighted by molar-refractivity contribution is 5.75. The van der Waals surface area contributed by atoms with Crippen LogP contribution < -0.4 is 10.6 Å². The van der Waals surface area contributed by atoms with Gasteiger partial charge in [0.15, 0.2) is 0 Å². The van der Waals surface area contributed by atoms with Gasteiger partial charge in [-0.25, -0.2) is 5.43 Å². The zero-order chi connectivity index (χ0) is 13.0. The summed E-state index contributed by atoms with van der Waals surface area (Å²) in [6.45, 7) is 1.33. The first-order valence-electron chi connectivity index (χ1n) is 5.58. The second-order valence-electron chi connectivity index (χ2n) is 3.89. The van der Waals surface area contributed by atoms with Gasteiger partial charge in [0.05, 0.1) is 5.69 Å². The smallest absolute Gasteiger partial charge is 0.237 e. The topological polar surface area (TPSA) is 52.6 Å². The molecular formula is C14H14N2O2. The van der Waals surface area contributed by atoms with Crippen molar-refractivity contribution in [3.05, 3.63) is 54.6 Å². The van der Waals surface area contributed by atoms with Crippen molar-refractivity contribution in [3.8, 4) is 11.1 Å². The van der Waals surface area contributed by atoms with E-state index in [1.807, 2.05) is 42.5 Å². The van der Waals surface area contributed by atoms with Gasteiger partial charge < -0.3 is 0 Å². The van der Waals surface area contributed by atoms with Gasteiger partial charge in [-0.3, -0.25) is 10.0 Å². The highest BCUT2D eigenvalue weighted by Crippen LogP contribution is 2.21. The summed E-state index contributed by atoms with van der Waals surface area (Å²) >= 11 is 0. The molecule has 0 heterocycles. The lowest BCUT2D eigenvalue weighted by molar-refractivity contribution is -0.120. The van der Waals surface area contributed by atoms with Crippen molar-refractivity contribution >= 4 is 11.6 Å². The van der Waals surface area contributed by atoms with Crippen LogP contribution in [0.5, 0.6) is 0 Å². The lowest BCUT2D eigenvalue weighted by Crippen LogP contribution is -2.38. The van der Waals surface area contributed by atoms with Crippen LogP contribution in [-0.2, 0) is 4.79 Å². The van der Waals surface area contributed by atoms with Crippen molar-refractivity contribution in [2.24, 2.45) is 0 Å². The van der Waals surface area contributed by atoms with Gasteiger partial charge in [-0.2, -0.15) is 5.17 Å². The van der Waals surface area contributed by atoms with Gasteiger partial charge >= 0.3 is 0 Å². The number of nitrogens with zero attached hydrogens (tertiary/aromatic N) is 1.